The Balaban J connectivity index is 0.000000288. The molecule has 0 fully saturated rings. The quantitative estimate of drug-likeness (QED) is 0.633. The molecule has 0 aliphatic heterocycles. The maximum atomic E-state index is 2.25. The van der Waals surface area contributed by atoms with Crippen molar-refractivity contribution in [3.63, 3.8) is 0 Å². The Morgan fingerprint density at radius 3 is 1.67 bits per heavy atom. The van der Waals surface area contributed by atoms with Gasteiger partial charge < -0.3 is 0 Å². The summed E-state index contributed by atoms with van der Waals surface area (Å²) in [5.74, 6) is 1.56. The molecule has 1 aromatic rings. The number of benzene rings is 1. The van der Waals surface area contributed by atoms with E-state index in [9.17, 15) is 0 Å². The normalized spacial score (nSPS) is 10.1. The molecule has 0 N–H and O–H groups in total. The monoisotopic (exact) mass is 206 g/mol. The van der Waals surface area contributed by atoms with Gasteiger partial charge in [0, 0.05) is 0 Å². The van der Waals surface area contributed by atoms with Gasteiger partial charge in [-0.3, -0.25) is 0 Å². The van der Waals surface area contributed by atoms with Crippen LogP contribution in [0.5, 0.6) is 0 Å². The summed E-state index contributed by atoms with van der Waals surface area (Å²) in [4.78, 5) is 0. The number of hydrogen-bond donors (Lipinski definition) is 0. The number of hydrogen-bond acceptors (Lipinski definition) is 0. The first-order chi connectivity index (χ1) is 7.07. The van der Waals surface area contributed by atoms with Gasteiger partial charge in [0.05, 0.1) is 0 Å². The average Bonchev–Trinajstić information content (AvgIpc) is 2.20. The zero-order valence-corrected chi connectivity index (χ0v) is 11.0. The van der Waals surface area contributed by atoms with Crippen LogP contribution in [-0.4, -0.2) is 0 Å². The van der Waals surface area contributed by atoms with Crippen LogP contribution in [0.1, 0.15) is 58.9 Å². The molecule has 0 heterocycles. The lowest BCUT2D eigenvalue weighted by Crippen LogP contribution is -1.83. The molecule has 0 aromatic heterocycles. The zero-order chi connectivity index (χ0) is 11.7. The molecule has 86 valence electrons. The third-order valence-electron chi connectivity index (χ3n) is 2.33. The van der Waals surface area contributed by atoms with E-state index in [0.29, 0.717) is 5.92 Å². The summed E-state index contributed by atoms with van der Waals surface area (Å²) >= 11 is 0. The second-order valence-electron chi connectivity index (χ2n) is 4.75. The van der Waals surface area contributed by atoms with Crippen molar-refractivity contribution < 1.29 is 0 Å². The molecule has 0 unspecified atom stereocenters. The van der Waals surface area contributed by atoms with Crippen molar-refractivity contribution >= 4 is 0 Å². The van der Waals surface area contributed by atoms with Gasteiger partial charge in [-0.05, 0) is 17.4 Å². The maximum absolute atomic E-state index is 2.25. The van der Waals surface area contributed by atoms with Crippen LogP contribution in [0.4, 0.5) is 0 Å². The van der Waals surface area contributed by atoms with Gasteiger partial charge in [0.1, 0.15) is 0 Å². The first-order valence-corrected chi connectivity index (χ1v) is 6.12. The maximum Gasteiger partial charge on any atom is -0.0219 e. The fourth-order valence-electron chi connectivity index (χ4n) is 1.42. The lowest BCUT2D eigenvalue weighted by molar-refractivity contribution is 0.576. The molecule has 1 rings (SSSR count). The minimum absolute atomic E-state index is 0.659. The molecule has 0 saturated heterocycles. The van der Waals surface area contributed by atoms with Crippen molar-refractivity contribution in [2.45, 2.75) is 53.4 Å². The molecular formula is C15H26. The summed E-state index contributed by atoms with van der Waals surface area (Å²) in [6, 6.07) is 10.5. The molecule has 0 saturated carbocycles. The molecule has 0 bridgehead atoms. The fraction of sp³-hybridized carbons (Fsp3) is 0.600. The van der Waals surface area contributed by atoms with E-state index in [2.05, 4.69) is 58.9 Å². The van der Waals surface area contributed by atoms with Crippen LogP contribution < -0.4 is 0 Å². The Morgan fingerprint density at radius 2 is 1.47 bits per heavy atom. The molecule has 0 atom stereocenters. The highest BCUT2D eigenvalue weighted by Crippen LogP contribution is 2.11. The molecule has 0 aliphatic rings. The van der Waals surface area contributed by atoms with E-state index in [1.54, 1.807) is 0 Å². The van der Waals surface area contributed by atoms with Gasteiger partial charge in [-0.2, -0.15) is 0 Å². The van der Waals surface area contributed by atoms with Crippen molar-refractivity contribution in [1.29, 1.82) is 0 Å². The predicted octanol–water partition coefficient (Wildman–Crippen LogP) is 5.25. The fourth-order valence-corrected chi connectivity index (χ4v) is 1.42. The lowest BCUT2D eigenvalue weighted by atomic mass is 10.0. The summed E-state index contributed by atoms with van der Waals surface area (Å²) in [6.45, 7) is 11.1. The van der Waals surface area contributed by atoms with Crippen molar-refractivity contribution in [3.05, 3.63) is 35.9 Å². The number of rotatable bonds is 3. The van der Waals surface area contributed by atoms with Gasteiger partial charge in [-0.15, -0.1) is 0 Å². The van der Waals surface area contributed by atoms with E-state index in [-0.39, 0.29) is 0 Å². The Morgan fingerprint density at radius 1 is 0.933 bits per heavy atom. The van der Waals surface area contributed by atoms with Gasteiger partial charge in [0.25, 0.3) is 0 Å². The third kappa shape index (κ3) is 8.23. The summed E-state index contributed by atoms with van der Waals surface area (Å²) < 4.78 is 0. The van der Waals surface area contributed by atoms with Gasteiger partial charge in [-0.1, -0.05) is 77.8 Å². The van der Waals surface area contributed by atoms with E-state index in [1.165, 1.54) is 18.4 Å². The third-order valence-corrected chi connectivity index (χ3v) is 2.33. The highest BCUT2D eigenvalue weighted by atomic mass is 14.0. The van der Waals surface area contributed by atoms with Crippen molar-refractivity contribution in [2.24, 2.45) is 5.92 Å². The van der Waals surface area contributed by atoms with Crippen LogP contribution in [0.2, 0.25) is 0 Å². The zero-order valence-electron chi connectivity index (χ0n) is 11.0. The van der Waals surface area contributed by atoms with Gasteiger partial charge >= 0.3 is 0 Å². The largest absolute Gasteiger partial charge is 0.0654 e. The minimum Gasteiger partial charge on any atom is -0.0654 e. The summed E-state index contributed by atoms with van der Waals surface area (Å²) in [7, 11) is 0. The van der Waals surface area contributed by atoms with Crippen LogP contribution in [0.25, 0.3) is 0 Å². The second-order valence-corrected chi connectivity index (χ2v) is 4.75. The highest BCUT2D eigenvalue weighted by Gasteiger charge is 1.93. The molecule has 0 aliphatic carbocycles. The van der Waals surface area contributed by atoms with Crippen molar-refractivity contribution in [1.82, 2.24) is 0 Å². The molecule has 15 heavy (non-hydrogen) atoms. The molecule has 0 heteroatoms. The predicted molar refractivity (Wildman–Crippen MR) is 70.3 cm³/mol. The molecular weight excluding hydrogens is 180 g/mol. The first kappa shape index (κ1) is 14.2. The molecule has 0 radical (unpaired) electrons. The summed E-state index contributed by atoms with van der Waals surface area (Å²) in [6.07, 6.45) is 2.71. The van der Waals surface area contributed by atoms with E-state index >= 15 is 0 Å². The van der Waals surface area contributed by atoms with Crippen LogP contribution in [-0.2, 0) is 0 Å². The van der Waals surface area contributed by atoms with Crippen molar-refractivity contribution in [2.75, 3.05) is 0 Å². The standard InChI is InChI=1S/C9H12.C6H14/c1-8(2)9-6-4-3-5-7-9;1-4-5-6(2)3/h3-8H,1-2H3;6H,4-5H2,1-3H3. The Kier molecular flexibility index (Phi) is 8.08. The second kappa shape index (κ2) is 8.52. The van der Waals surface area contributed by atoms with E-state index in [1.807, 2.05) is 6.07 Å². The topological polar surface area (TPSA) is 0 Å². The minimum atomic E-state index is 0.659. The molecule has 0 amide bonds. The Bertz CT molecular complexity index is 221. The van der Waals surface area contributed by atoms with Crippen LogP contribution in [0, 0.1) is 5.92 Å². The smallest absolute Gasteiger partial charge is 0.0219 e. The van der Waals surface area contributed by atoms with E-state index in [0.717, 1.165) is 5.92 Å². The summed E-state index contributed by atoms with van der Waals surface area (Å²) in [5.41, 5.74) is 1.41. The SMILES string of the molecule is CC(C)c1ccccc1.CCCC(C)C. The molecule has 0 nitrogen and oxygen atoms in total. The first-order valence-electron chi connectivity index (χ1n) is 6.12. The van der Waals surface area contributed by atoms with Gasteiger partial charge in [0.15, 0.2) is 0 Å². The highest BCUT2D eigenvalue weighted by molar-refractivity contribution is 5.17. The van der Waals surface area contributed by atoms with E-state index < -0.39 is 0 Å². The summed E-state index contributed by atoms with van der Waals surface area (Å²) in [5, 5.41) is 0. The van der Waals surface area contributed by atoms with Crippen LogP contribution in [0.15, 0.2) is 30.3 Å². The van der Waals surface area contributed by atoms with Crippen LogP contribution >= 0.6 is 0 Å². The van der Waals surface area contributed by atoms with Gasteiger partial charge in [0.2, 0.25) is 0 Å². The van der Waals surface area contributed by atoms with E-state index in [4.69, 9.17) is 0 Å². The Labute approximate surface area is 95.7 Å². The van der Waals surface area contributed by atoms with Gasteiger partial charge in [-0.25, -0.2) is 0 Å². The lowest BCUT2D eigenvalue weighted by Gasteiger charge is -2.01. The average molecular weight is 206 g/mol. The molecule has 0 spiro atoms. The van der Waals surface area contributed by atoms with Crippen LogP contribution in [0.3, 0.4) is 0 Å². The molecule has 1 aromatic carbocycles. The van der Waals surface area contributed by atoms with Crippen molar-refractivity contribution in [3.8, 4) is 0 Å². The Hall–Kier alpha value is -0.780.